The third kappa shape index (κ3) is 3.61. The zero-order chi connectivity index (χ0) is 13.5. The van der Waals surface area contributed by atoms with Crippen LogP contribution in [0.1, 0.15) is 12.8 Å². The molecule has 1 N–H and O–H groups in total. The second-order valence-corrected chi connectivity index (χ2v) is 4.07. The Balaban J connectivity index is 2.74. The summed E-state index contributed by atoms with van der Waals surface area (Å²) in [6.45, 7) is 0.249. The standard InChI is InChI=1S/C10H16N4O4/c1-17-9(15)7-3-6(5-12-14-11)4-8(13-7)10(16)18-2/h6-8,13H,3-5H2,1-2H3/t6-,7-,8+. The molecule has 18 heavy (non-hydrogen) atoms. The van der Waals surface area contributed by atoms with Crippen LogP contribution in [0.15, 0.2) is 5.11 Å². The topological polar surface area (TPSA) is 113 Å². The highest BCUT2D eigenvalue weighted by Crippen LogP contribution is 2.22. The maximum absolute atomic E-state index is 11.5. The fourth-order valence-electron chi connectivity index (χ4n) is 2.06. The molecule has 0 spiro atoms. The van der Waals surface area contributed by atoms with E-state index in [1.165, 1.54) is 14.2 Å². The Kier molecular flexibility index (Phi) is 5.41. The number of rotatable bonds is 4. The maximum atomic E-state index is 11.5. The van der Waals surface area contributed by atoms with E-state index in [1.54, 1.807) is 0 Å². The Morgan fingerprint density at radius 3 is 2.17 bits per heavy atom. The molecule has 0 aliphatic carbocycles. The summed E-state index contributed by atoms with van der Waals surface area (Å²) in [5, 5.41) is 6.36. The SMILES string of the molecule is COC(=O)[C@@H]1C[C@H](CN=[N+]=[N-])C[C@H](C(=O)OC)N1. The second-order valence-electron chi connectivity index (χ2n) is 4.07. The first kappa shape index (κ1) is 14.3. The number of nitrogens with zero attached hydrogens (tertiary/aromatic N) is 3. The average Bonchev–Trinajstić information content (AvgIpc) is 2.42. The molecular formula is C10H16N4O4. The van der Waals surface area contributed by atoms with Gasteiger partial charge < -0.3 is 9.47 Å². The largest absolute Gasteiger partial charge is 0.468 e. The third-order valence-corrected chi connectivity index (χ3v) is 2.91. The van der Waals surface area contributed by atoms with Crippen molar-refractivity contribution in [3.63, 3.8) is 0 Å². The summed E-state index contributed by atoms with van der Waals surface area (Å²) < 4.78 is 9.29. The van der Waals surface area contributed by atoms with E-state index in [4.69, 9.17) is 5.53 Å². The van der Waals surface area contributed by atoms with E-state index < -0.39 is 24.0 Å². The van der Waals surface area contributed by atoms with Gasteiger partial charge in [-0.2, -0.15) is 0 Å². The van der Waals surface area contributed by atoms with Crippen LogP contribution in [0.25, 0.3) is 10.4 Å². The first-order valence-corrected chi connectivity index (χ1v) is 5.55. The van der Waals surface area contributed by atoms with Crippen molar-refractivity contribution in [2.75, 3.05) is 20.8 Å². The summed E-state index contributed by atoms with van der Waals surface area (Å²) in [5.74, 6) is -0.917. The van der Waals surface area contributed by atoms with Gasteiger partial charge in [0.1, 0.15) is 12.1 Å². The minimum atomic E-state index is -0.577. The Bertz CT molecular complexity index is 343. The summed E-state index contributed by atoms with van der Waals surface area (Å²) in [4.78, 5) is 25.7. The highest BCUT2D eigenvalue weighted by Gasteiger charge is 2.36. The molecular weight excluding hydrogens is 240 g/mol. The van der Waals surface area contributed by atoms with Crippen LogP contribution in [0.5, 0.6) is 0 Å². The van der Waals surface area contributed by atoms with Crippen LogP contribution in [0.2, 0.25) is 0 Å². The van der Waals surface area contributed by atoms with Crippen LogP contribution >= 0.6 is 0 Å². The van der Waals surface area contributed by atoms with Gasteiger partial charge in [-0.05, 0) is 24.3 Å². The number of hydrogen-bond donors (Lipinski definition) is 1. The fraction of sp³-hybridized carbons (Fsp3) is 0.800. The molecule has 0 amide bonds. The normalized spacial score (nSPS) is 26.9. The lowest BCUT2D eigenvalue weighted by atomic mass is 9.88. The molecule has 0 bridgehead atoms. The number of nitrogens with one attached hydrogen (secondary N) is 1. The number of piperidine rings is 1. The van der Waals surface area contributed by atoms with Gasteiger partial charge in [-0.15, -0.1) is 0 Å². The highest BCUT2D eigenvalue weighted by atomic mass is 16.5. The molecule has 1 saturated heterocycles. The Labute approximate surface area is 104 Å². The molecule has 1 aliphatic rings. The zero-order valence-electron chi connectivity index (χ0n) is 10.3. The molecule has 0 aromatic heterocycles. The lowest BCUT2D eigenvalue weighted by Gasteiger charge is -2.32. The van der Waals surface area contributed by atoms with Gasteiger partial charge >= 0.3 is 11.9 Å². The van der Waals surface area contributed by atoms with Gasteiger partial charge in [-0.1, -0.05) is 5.11 Å². The zero-order valence-corrected chi connectivity index (χ0v) is 10.3. The predicted octanol–water partition coefficient (Wildman–Crippen LogP) is 0.379. The molecule has 1 aliphatic heterocycles. The molecule has 3 atom stereocenters. The van der Waals surface area contributed by atoms with Crippen molar-refractivity contribution in [1.29, 1.82) is 0 Å². The smallest absolute Gasteiger partial charge is 0.322 e. The van der Waals surface area contributed by atoms with E-state index in [1.807, 2.05) is 0 Å². The van der Waals surface area contributed by atoms with Gasteiger partial charge in [0, 0.05) is 11.5 Å². The van der Waals surface area contributed by atoms with Crippen LogP contribution in [0.3, 0.4) is 0 Å². The monoisotopic (exact) mass is 256 g/mol. The molecule has 8 heteroatoms. The van der Waals surface area contributed by atoms with Crippen molar-refractivity contribution in [3.8, 4) is 0 Å². The van der Waals surface area contributed by atoms with E-state index in [-0.39, 0.29) is 12.5 Å². The first-order valence-electron chi connectivity index (χ1n) is 5.55. The van der Waals surface area contributed by atoms with Crippen LogP contribution in [-0.2, 0) is 19.1 Å². The van der Waals surface area contributed by atoms with E-state index in [0.717, 1.165) is 0 Å². The Morgan fingerprint density at radius 2 is 1.78 bits per heavy atom. The van der Waals surface area contributed by atoms with Gasteiger partial charge in [0.05, 0.1) is 14.2 Å². The average molecular weight is 256 g/mol. The molecule has 100 valence electrons. The van der Waals surface area contributed by atoms with Crippen molar-refractivity contribution in [2.24, 2.45) is 11.0 Å². The van der Waals surface area contributed by atoms with Crippen molar-refractivity contribution < 1.29 is 19.1 Å². The fourth-order valence-corrected chi connectivity index (χ4v) is 2.06. The van der Waals surface area contributed by atoms with Crippen LogP contribution in [-0.4, -0.2) is 44.8 Å². The van der Waals surface area contributed by atoms with Crippen molar-refractivity contribution in [3.05, 3.63) is 10.4 Å². The van der Waals surface area contributed by atoms with Gasteiger partial charge in [-0.3, -0.25) is 14.9 Å². The number of carbonyl (C=O) groups is 2. The van der Waals surface area contributed by atoms with Gasteiger partial charge in [0.2, 0.25) is 0 Å². The molecule has 0 aromatic carbocycles. The van der Waals surface area contributed by atoms with E-state index in [0.29, 0.717) is 12.8 Å². The van der Waals surface area contributed by atoms with E-state index in [9.17, 15) is 9.59 Å². The van der Waals surface area contributed by atoms with Gasteiger partial charge in [0.25, 0.3) is 0 Å². The van der Waals surface area contributed by atoms with Crippen molar-refractivity contribution in [1.82, 2.24) is 5.32 Å². The van der Waals surface area contributed by atoms with Crippen molar-refractivity contribution in [2.45, 2.75) is 24.9 Å². The minimum Gasteiger partial charge on any atom is -0.468 e. The number of hydrogen-bond acceptors (Lipinski definition) is 6. The molecule has 1 fully saturated rings. The highest BCUT2D eigenvalue weighted by molar-refractivity contribution is 5.80. The molecule has 8 nitrogen and oxygen atoms in total. The van der Waals surface area contributed by atoms with Crippen molar-refractivity contribution >= 4 is 11.9 Å². The number of methoxy groups -OCH3 is 2. The van der Waals surface area contributed by atoms with Gasteiger partial charge in [-0.25, -0.2) is 0 Å². The summed E-state index contributed by atoms with van der Waals surface area (Å²) in [5.41, 5.74) is 8.30. The summed E-state index contributed by atoms with van der Waals surface area (Å²) >= 11 is 0. The van der Waals surface area contributed by atoms with Crippen LogP contribution in [0.4, 0.5) is 0 Å². The number of esters is 2. The van der Waals surface area contributed by atoms with Crippen LogP contribution < -0.4 is 5.32 Å². The second kappa shape index (κ2) is 6.83. The number of ether oxygens (including phenoxy) is 2. The minimum absolute atomic E-state index is 0.0460. The van der Waals surface area contributed by atoms with E-state index >= 15 is 0 Å². The first-order chi connectivity index (χ1) is 8.62. The molecule has 0 aromatic rings. The summed E-state index contributed by atoms with van der Waals surface area (Å²) in [7, 11) is 2.57. The lowest BCUT2D eigenvalue weighted by Crippen LogP contribution is -2.53. The maximum Gasteiger partial charge on any atom is 0.322 e. The summed E-state index contributed by atoms with van der Waals surface area (Å²) in [6, 6.07) is -1.15. The van der Waals surface area contributed by atoms with Crippen LogP contribution in [0, 0.1) is 5.92 Å². The molecule has 0 radical (unpaired) electrons. The number of azide groups is 1. The summed E-state index contributed by atoms with van der Waals surface area (Å²) in [6.07, 6.45) is 0.943. The lowest BCUT2D eigenvalue weighted by molar-refractivity contribution is -0.148. The molecule has 0 unspecified atom stereocenters. The number of carbonyl (C=O) groups excluding carboxylic acids is 2. The van der Waals surface area contributed by atoms with Gasteiger partial charge in [0.15, 0.2) is 0 Å². The Hall–Kier alpha value is -1.79. The third-order valence-electron chi connectivity index (χ3n) is 2.91. The quantitative estimate of drug-likeness (QED) is 0.338. The molecule has 1 rings (SSSR count). The molecule has 0 saturated carbocycles. The predicted molar refractivity (Wildman–Crippen MR) is 61.5 cm³/mol. The molecule has 1 heterocycles. The Morgan fingerprint density at radius 1 is 1.28 bits per heavy atom. The van der Waals surface area contributed by atoms with E-state index in [2.05, 4.69) is 24.8 Å².